The topological polar surface area (TPSA) is 120 Å². The van der Waals surface area contributed by atoms with Crippen LogP contribution in [0.25, 0.3) is 0 Å². The smallest absolute Gasteiger partial charge is 0.275 e. The molecule has 1 aliphatic carbocycles. The zero-order valence-electron chi connectivity index (χ0n) is 33.5. The molecule has 0 unspecified atom stereocenters. The summed E-state index contributed by atoms with van der Waals surface area (Å²) < 4.78 is 5.95. The number of nitrogens with zero attached hydrogens (tertiary/aromatic N) is 2. The second-order valence-electron chi connectivity index (χ2n) is 13.7. The van der Waals surface area contributed by atoms with Crippen molar-refractivity contribution in [1.29, 1.82) is 0 Å². The highest BCUT2D eigenvalue weighted by molar-refractivity contribution is 5.75. The number of carbonyl (C=O) groups excluding carboxylic acids is 2. The van der Waals surface area contributed by atoms with Gasteiger partial charge in [0.15, 0.2) is 0 Å². The first kappa shape index (κ1) is 47.4. The van der Waals surface area contributed by atoms with E-state index in [0.717, 1.165) is 61.3 Å². The Morgan fingerprint density at radius 3 is 2.12 bits per heavy atom. The van der Waals surface area contributed by atoms with Crippen molar-refractivity contribution >= 4 is 12.1 Å². The molecule has 0 spiro atoms. The van der Waals surface area contributed by atoms with E-state index in [9.17, 15) is 9.59 Å². The van der Waals surface area contributed by atoms with Gasteiger partial charge >= 0.3 is 0 Å². The Labute approximate surface area is 305 Å². The number of pyridine rings is 1. The summed E-state index contributed by atoms with van der Waals surface area (Å²) in [5, 5.41) is 24.4. The number of carbonyl (C=O) groups is 2. The molecule has 0 amide bonds. The molecule has 2 heterocycles. The molecule has 1 aliphatic heterocycles. The molecular weight excluding hydrogens is 628 g/mol. The Morgan fingerprint density at radius 2 is 1.64 bits per heavy atom. The highest BCUT2D eigenvalue weighted by atomic mass is 16.7. The molecule has 8 heteroatoms. The van der Waals surface area contributed by atoms with Crippen LogP contribution in [-0.4, -0.2) is 69.5 Å². The van der Waals surface area contributed by atoms with Crippen LogP contribution in [0.1, 0.15) is 141 Å². The van der Waals surface area contributed by atoms with Gasteiger partial charge in [0.05, 0.1) is 11.6 Å². The number of likely N-dealkylation sites (tertiary alicyclic amines) is 1. The second kappa shape index (κ2) is 25.3. The SMILES string of the molecule is CC.CC.CC(=O)CCc1cc(OCCN2CCC(C=O)(c3cc(C)ccc3C)CC2)cnc1C.CCCC(O)(O)O.CCCC1CC(C)C1. The number of aromatic nitrogens is 1. The number of aryl methyl sites for hydroxylation is 4. The van der Waals surface area contributed by atoms with Gasteiger partial charge in [-0.1, -0.05) is 85.1 Å². The van der Waals surface area contributed by atoms with Crippen LogP contribution in [0.4, 0.5) is 0 Å². The molecule has 3 N–H and O–H groups in total. The molecule has 1 aromatic heterocycles. The van der Waals surface area contributed by atoms with Crippen molar-refractivity contribution in [3.63, 3.8) is 0 Å². The minimum Gasteiger partial charge on any atom is -0.491 e. The number of hydrogen-bond acceptors (Lipinski definition) is 8. The van der Waals surface area contributed by atoms with Crippen LogP contribution in [0.2, 0.25) is 0 Å². The number of Topliss-reactive ketones (excluding diaryl/α,β-unsaturated/α-hetero) is 1. The number of rotatable bonds is 13. The highest BCUT2D eigenvalue weighted by Crippen LogP contribution is 2.37. The van der Waals surface area contributed by atoms with Crippen LogP contribution in [0.15, 0.2) is 30.5 Å². The molecule has 0 radical (unpaired) electrons. The van der Waals surface area contributed by atoms with E-state index in [1.807, 2.05) is 40.7 Å². The standard InChI is InChI=1S/C26H34N2O3.C8H16.C4H10O3.2C2H6/c1-19-5-6-20(2)25(15-19)26(18-29)9-11-28(12-10-26)13-14-31-24-16-23(8-7-21(3)30)22(4)27-17-24;1-3-4-8-5-7(2)6-8;1-2-3-4(5,6)7;2*1-2/h5-6,15-18H,7-14H2,1-4H3;7-8H,3-6H2,1-2H3;5-7H,2-3H2,1H3;2*1-2H3. The van der Waals surface area contributed by atoms with Crippen molar-refractivity contribution in [2.45, 2.75) is 152 Å². The van der Waals surface area contributed by atoms with Gasteiger partial charge in [0.25, 0.3) is 5.97 Å². The third kappa shape index (κ3) is 18.0. The lowest BCUT2D eigenvalue weighted by atomic mass is 9.72. The van der Waals surface area contributed by atoms with E-state index in [1.165, 1.54) is 48.7 Å². The predicted octanol–water partition coefficient (Wildman–Crippen LogP) is 8.44. The van der Waals surface area contributed by atoms with E-state index >= 15 is 0 Å². The number of benzene rings is 1. The summed E-state index contributed by atoms with van der Waals surface area (Å²) in [6, 6.07) is 8.40. The van der Waals surface area contributed by atoms with Crippen LogP contribution < -0.4 is 4.74 Å². The van der Waals surface area contributed by atoms with Crippen LogP contribution in [0, 0.1) is 32.6 Å². The van der Waals surface area contributed by atoms with Gasteiger partial charge in [0.1, 0.15) is 24.4 Å². The van der Waals surface area contributed by atoms with Gasteiger partial charge in [-0.2, -0.15) is 0 Å². The number of ketones is 1. The molecule has 50 heavy (non-hydrogen) atoms. The normalized spacial score (nSPS) is 17.8. The highest BCUT2D eigenvalue weighted by Gasteiger charge is 2.37. The number of aliphatic hydroxyl groups is 3. The minimum atomic E-state index is -2.45. The van der Waals surface area contributed by atoms with E-state index in [-0.39, 0.29) is 17.6 Å². The van der Waals surface area contributed by atoms with E-state index in [2.05, 4.69) is 55.8 Å². The molecule has 2 aromatic rings. The Hall–Kier alpha value is -2.65. The monoisotopic (exact) mass is 701 g/mol. The quantitative estimate of drug-likeness (QED) is 0.141. The first-order valence-electron chi connectivity index (χ1n) is 19.2. The predicted molar refractivity (Wildman–Crippen MR) is 207 cm³/mol. The number of aldehydes is 1. The van der Waals surface area contributed by atoms with Crippen molar-refractivity contribution in [1.82, 2.24) is 9.88 Å². The van der Waals surface area contributed by atoms with Crippen molar-refractivity contribution in [2.24, 2.45) is 11.8 Å². The fourth-order valence-corrected chi connectivity index (χ4v) is 6.44. The molecule has 2 fully saturated rings. The fourth-order valence-electron chi connectivity index (χ4n) is 6.44. The number of piperidine rings is 1. The molecular formula is C42H72N2O6. The second-order valence-corrected chi connectivity index (χ2v) is 13.7. The molecule has 4 rings (SSSR count). The molecule has 0 bridgehead atoms. The first-order valence-corrected chi connectivity index (χ1v) is 19.2. The maximum absolute atomic E-state index is 12.1. The van der Waals surface area contributed by atoms with Gasteiger partial charge in [-0.3, -0.25) is 9.88 Å². The van der Waals surface area contributed by atoms with Crippen LogP contribution in [-0.2, 0) is 21.4 Å². The summed E-state index contributed by atoms with van der Waals surface area (Å²) in [4.78, 5) is 30.2. The van der Waals surface area contributed by atoms with Crippen LogP contribution >= 0.6 is 0 Å². The molecule has 286 valence electrons. The molecule has 0 atom stereocenters. The van der Waals surface area contributed by atoms with E-state index < -0.39 is 5.97 Å². The Kier molecular flexibility index (Phi) is 24.0. The molecule has 8 nitrogen and oxygen atoms in total. The Bertz CT molecular complexity index is 1210. The van der Waals surface area contributed by atoms with Crippen LogP contribution in [0.3, 0.4) is 0 Å². The Morgan fingerprint density at radius 1 is 1.02 bits per heavy atom. The first-order chi connectivity index (χ1) is 23.7. The van der Waals surface area contributed by atoms with Gasteiger partial charge in [0, 0.05) is 25.1 Å². The van der Waals surface area contributed by atoms with Crippen LogP contribution in [0.5, 0.6) is 5.75 Å². The third-order valence-electron chi connectivity index (χ3n) is 9.25. The lowest BCUT2D eigenvalue weighted by molar-refractivity contribution is -0.314. The van der Waals surface area contributed by atoms with Crippen molar-refractivity contribution < 1.29 is 29.6 Å². The van der Waals surface area contributed by atoms with Crippen molar-refractivity contribution in [3.8, 4) is 5.75 Å². The van der Waals surface area contributed by atoms with E-state index in [1.54, 1.807) is 20.0 Å². The van der Waals surface area contributed by atoms with Crippen molar-refractivity contribution in [2.75, 3.05) is 26.2 Å². The third-order valence-corrected chi connectivity index (χ3v) is 9.25. The van der Waals surface area contributed by atoms with Gasteiger partial charge in [-0.25, -0.2) is 0 Å². The lowest BCUT2D eigenvalue weighted by Crippen LogP contribution is -2.45. The number of ether oxygens (including phenoxy) is 1. The molecule has 1 saturated carbocycles. The zero-order valence-corrected chi connectivity index (χ0v) is 33.5. The summed E-state index contributed by atoms with van der Waals surface area (Å²) in [6.07, 6.45) is 12.3. The molecule has 2 aliphatic rings. The average molecular weight is 701 g/mol. The summed E-state index contributed by atoms with van der Waals surface area (Å²) in [5.74, 6) is 0.637. The Balaban J connectivity index is 0.00000103. The summed E-state index contributed by atoms with van der Waals surface area (Å²) in [7, 11) is 0. The zero-order chi connectivity index (χ0) is 38.3. The summed E-state index contributed by atoms with van der Waals surface area (Å²) in [6.45, 7) is 25.3. The molecule has 1 saturated heterocycles. The summed E-state index contributed by atoms with van der Waals surface area (Å²) >= 11 is 0. The van der Waals surface area contributed by atoms with Gasteiger partial charge in [-0.15, -0.1) is 0 Å². The largest absolute Gasteiger partial charge is 0.491 e. The average Bonchev–Trinajstić information content (AvgIpc) is 3.07. The fraction of sp³-hybridized carbons (Fsp3) is 0.690. The molecule has 1 aromatic carbocycles. The van der Waals surface area contributed by atoms with Crippen molar-refractivity contribution in [3.05, 3.63) is 58.4 Å². The maximum Gasteiger partial charge on any atom is 0.275 e. The minimum absolute atomic E-state index is 0.00694. The van der Waals surface area contributed by atoms with Gasteiger partial charge < -0.3 is 29.6 Å². The van der Waals surface area contributed by atoms with E-state index in [0.29, 0.717) is 25.9 Å². The summed E-state index contributed by atoms with van der Waals surface area (Å²) in [5.41, 5.74) is 5.22. The number of hydrogen-bond donors (Lipinski definition) is 3. The van der Waals surface area contributed by atoms with E-state index in [4.69, 9.17) is 20.1 Å². The van der Waals surface area contributed by atoms with Gasteiger partial charge in [-0.05, 0) is 114 Å². The lowest BCUT2D eigenvalue weighted by Gasteiger charge is -2.39. The van der Waals surface area contributed by atoms with Gasteiger partial charge in [0.2, 0.25) is 0 Å². The maximum atomic E-state index is 12.1.